The molecule has 44 valence electrons. The lowest BCUT2D eigenvalue weighted by Gasteiger charge is -1.93. The van der Waals surface area contributed by atoms with Gasteiger partial charge in [0.1, 0.15) is 0 Å². The van der Waals surface area contributed by atoms with Crippen molar-refractivity contribution in [2.24, 2.45) is 0 Å². The minimum atomic E-state index is -4.27. The molecule has 0 aromatic carbocycles. The second-order valence-corrected chi connectivity index (χ2v) is 1.04. The molecule has 0 heterocycles. The molecule has 0 aliphatic carbocycles. The van der Waals surface area contributed by atoms with Crippen molar-refractivity contribution in [3.63, 3.8) is 0 Å². The monoisotopic (exact) mass is 120 g/mol. The van der Waals surface area contributed by atoms with Gasteiger partial charge >= 0.3 is 6.18 Å². The Morgan fingerprint density at radius 1 is 1.38 bits per heavy atom. The van der Waals surface area contributed by atoms with Gasteiger partial charge in [0.2, 0.25) is 0 Å². The lowest BCUT2D eigenvalue weighted by molar-refractivity contribution is -0.0797. The smallest absolute Gasteiger partial charge is 0.167 e. The van der Waals surface area contributed by atoms with Crippen molar-refractivity contribution >= 4 is 0 Å². The molecule has 0 unspecified atom stereocenters. The molecule has 0 spiro atoms. The Morgan fingerprint density at radius 2 is 1.88 bits per heavy atom. The van der Waals surface area contributed by atoms with Gasteiger partial charge in [0, 0.05) is 6.08 Å². The van der Waals surface area contributed by atoms with E-state index in [4.69, 9.17) is 0 Å². The molecular weight excluding hydrogens is 117 g/mol. The minimum absolute atomic E-state index is 0.00694. The van der Waals surface area contributed by atoms with Crippen molar-refractivity contribution in [2.45, 2.75) is 6.18 Å². The molecule has 0 saturated carbocycles. The van der Waals surface area contributed by atoms with E-state index in [2.05, 4.69) is 6.42 Å². The summed E-state index contributed by atoms with van der Waals surface area (Å²) in [5, 5.41) is 0. The van der Waals surface area contributed by atoms with E-state index >= 15 is 0 Å². The molecule has 0 saturated heterocycles. The molecule has 8 heavy (non-hydrogen) atoms. The molecule has 0 radical (unpaired) electrons. The van der Waals surface area contributed by atoms with Crippen LogP contribution >= 0.6 is 0 Å². The Morgan fingerprint density at radius 3 is 2.00 bits per heavy atom. The van der Waals surface area contributed by atoms with Crippen molar-refractivity contribution < 1.29 is 13.2 Å². The molecule has 0 amide bonds. The first-order valence-corrected chi connectivity index (χ1v) is 1.77. The Balaban J connectivity index is 3.75. The standard InChI is InChI=1S/C5H3F3/c1-2-3-4-5(6,7)8/h1,3-4H/b4-3+. The van der Waals surface area contributed by atoms with Gasteiger partial charge in [0.25, 0.3) is 0 Å². The zero-order valence-corrected chi connectivity index (χ0v) is 3.87. The number of allylic oxidation sites excluding steroid dienone is 2. The maximum absolute atomic E-state index is 11.1. The molecule has 0 bridgehead atoms. The summed E-state index contributed by atoms with van der Waals surface area (Å²) in [6.07, 6.45) is 0.845. The fourth-order valence-electron chi connectivity index (χ4n) is 0.143. The summed E-state index contributed by atoms with van der Waals surface area (Å²) in [6, 6.07) is 0. The molecule has 0 nitrogen and oxygen atoms in total. The third-order valence-corrected chi connectivity index (χ3v) is 0.369. The van der Waals surface area contributed by atoms with Crippen LogP contribution < -0.4 is 0 Å². The van der Waals surface area contributed by atoms with Crippen molar-refractivity contribution in [2.75, 3.05) is 0 Å². The van der Waals surface area contributed by atoms with E-state index in [1.54, 1.807) is 5.92 Å². The predicted octanol–water partition coefficient (Wildman–Crippen LogP) is 1.74. The largest absolute Gasteiger partial charge is 0.410 e. The number of hydrogen-bond donors (Lipinski definition) is 0. The summed E-state index contributed by atoms with van der Waals surface area (Å²) in [5.41, 5.74) is 0. The number of rotatable bonds is 0. The van der Waals surface area contributed by atoms with Crippen LogP contribution in [0.5, 0.6) is 0 Å². The summed E-state index contributed by atoms with van der Waals surface area (Å²) >= 11 is 0. The Bertz CT molecular complexity index is 124. The van der Waals surface area contributed by atoms with Crippen LogP contribution in [0.4, 0.5) is 13.2 Å². The van der Waals surface area contributed by atoms with Gasteiger partial charge in [-0.05, 0) is 6.08 Å². The summed E-state index contributed by atoms with van der Waals surface area (Å²) in [7, 11) is 0. The van der Waals surface area contributed by atoms with Gasteiger partial charge in [0.05, 0.1) is 0 Å². The first-order valence-electron chi connectivity index (χ1n) is 1.77. The number of halogens is 3. The van der Waals surface area contributed by atoms with Crippen LogP contribution in [0.15, 0.2) is 12.2 Å². The zero-order valence-electron chi connectivity index (χ0n) is 3.87. The normalized spacial score (nSPS) is 11.8. The van der Waals surface area contributed by atoms with E-state index in [1.165, 1.54) is 0 Å². The van der Waals surface area contributed by atoms with E-state index in [-0.39, 0.29) is 6.08 Å². The molecule has 0 atom stereocenters. The van der Waals surface area contributed by atoms with Crippen LogP contribution in [0.1, 0.15) is 0 Å². The van der Waals surface area contributed by atoms with Crippen LogP contribution in [0.3, 0.4) is 0 Å². The number of terminal acetylenes is 1. The highest BCUT2D eigenvalue weighted by molar-refractivity contribution is 5.10. The highest BCUT2D eigenvalue weighted by Crippen LogP contribution is 2.15. The van der Waals surface area contributed by atoms with Crippen LogP contribution in [-0.4, -0.2) is 6.18 Å². The number of hydrogen-bond acceptors (Lipinski definition) is 0. The lowest BCUT2D eigenvalue weighted by Crippen LogP contribution is -1.99. The van der Waals surface area contributed by atoms with E-state index in [1.807, 2.05) is 0 Å². The average Bonchev–Trinajstić information content (AvgIpc) is 1.59. The van der Waals surface area contributed by atoms with Gasteiger partial charge in [-0.3, -0.25) is 0 Å². The quantitative estimate of drug-likeness (QED) is 0.427. The van der Waals surface area contributed by atoms with Crippen LogP contribution in [0.2, 0.25) is 0 Å². The Labute approximate surface area is 45.0 Å². The van der Waals surface area contributed by atoms with E-state index in [0.29, 0.717) is 6.08 Å². The molecule has 3 heteroatoms. The SMILES string of the molecule is C#C/C=C/C(F)(F)F. The summed E-state index contributed by atoms with van der Waals surface area (Å²) in [4.78, 5) is 0. The second kappa shape index (κ2) is 2.41. The van der Waals surface area contributed by atoms with Gasteiger partial charge in [-0.2, -0.15) is 13.2 Å². The van der Waals surface area contributed by atoms with Gasteiger partial charge in [-0.1, -0.05) is 5.92 Å². The molecule has 0 aliphatic rings. The van der Waals surface area contributed by atoms with Crippen molar-refractivity contribution in [1.29, 1.82) is 0 Å². The molecule has 0 fully saturated rings. The topological polar surface area (TPSA) is 0 Å². The fourth-order valence-corrected chi connectivity index (χ4v) is 0.143. The first kappa shape index (κ1) is 7.09. The van der Waals surface area contributed by atoms with Crippen LogP contribution in [0, 0.1) is 12.3 Å². The maximum Gasteiger partial charge on any atom is 0.410 e. The summed E-state index contributed by atoms with van der Waals surface area (Å²) in [5.74, 6) is 1.72. The van der Waals surface area contributed by atoms with Gasteiger partial charge in [0.15, 0.2) is 0 Å². The Hall–Kier alpha value is -0.910. The second-order valence-electron chi connectivity index (χ2n) is 1.04. The average molecular weight is 120 g/mol. The van der Waals surface area contributed by atoms with Crippen molar-refractivity contribution in [3.8, 4) is 12.3 Å². The van der Waals surface area contributed by atoms with Gasteiger partial charge < -0.3 is 0 Å². The first-order chi connectivity index (χ1) is 3.56. The maximum atomic E-state index is 11.1. The third-order valence-electron chi connectivity index (χ3n) is 0.369. The highest BCUT2D eigenvalue weighted by atomic mass is 19.4. The fraction of sp³-hybridized carbons (Fsp3) is 0.200. The summed E-state index contributed by atoms with van der Waals surface area (Å²) in [6.45, 7) is 0. The highest BCUT2D eigenvalue weighted by Gasteiger charge is 2.21. The lowest BCUT2D eigenvalue weighted by atomic mass is 10.5. The van der Waals surface area contributed by atoms with Crippen LogP contribution in [0.25, 0.3) is 0 Å². The Kier molecular flexibility index (Phi) is 2.14. The van der Waals surface area contributed by atoms with E-state index in [0.717, 1.165) is 0 Å². The predicted molar refractivity (Wildman–Crippen MR) is 24.0 cm³/mol. The van der Waals surface area contributed by atoms with Crippen LogP contribution in [-0.2, 0) is 0 Å². The van der Waals surface area contributed by atoms with Crippen molar-refractivity contribution in [3.05, 3.63) is 12.2 Å². The molecule has 0 aromatic rings. The van der Waals surface area contributed by atoms with E-state index < -0.39 is 6.18 Å². The number of alkyl halides is 3. The molecule has 0 N–H and O–H groups in total. The molecule has 0 rings (SSSR count). The molecule has 0 aromatic heterocycles. The van der Waals surface area contributed by atoms with Gasteiger partial charge in [-0.15, -0.1) is 6.42 Å². The van der Waals surface area contributed by atoms with E-state index in [9.17, 15) is 13.2 Å². The summed E-state index contributed by atoms with van der Waals surface area (Å²) < 4.78 is 33.2. The molecule has 0 aliphatic heterocycles. The minimum Gasteiger partial charge on any atom is -0.167 e. The van der Waals surface area contributed by atoms with Crippen molar-refractivity contribution in [1.82, 2.24) is 0 Å². The van der Waals surface area contributed by atoms with Gasteiger partial charge in [-0.25, -0.2) is 0 Å². The molecular formula is C5H3F3. The third kappa shape index (κ3) is 5.09. The zero-order chi connectivity index (χ0) is 6.62.